The molecule has 186 valence electrons. The van der Waals surface area contributed by atoms with Gasteiger partial charge >= 0.3 is 6.09 Å². The minimum absolute atomic E-state index is 0.148. The molecule has 0 saturated heterocycles. The van der Waals surface area contributed by atoms with Gasteiger partial charge in [0.15, 0.2) is 5.82 Å². The molecule has 0 unspecified atom stereocenters. The van der Waals surface area contributed by atoms with Crippen LogP contribution in [0.4, 0.5) is 23.8 Å². The number of alkyl halides is 3. The average Bonchev–Trinajstić information content (AvgIpc) is 3.10. The molecule has 2 aliphatic rings. The third kappa shape index (κ3) is 5.88. The lowest BCUT2D eigenvalue weighted by Crippen LogP contribution is -2.38. The fourth-order valence-electron chi connectivity index (χ4n) is 3.90. The summed E-state index contributed by atoms with van der Waals surface area (Å²) in [4.78, 5) is 24.6. The van der Waals surface area contributed by atoms with E-state index in [1.807, 2.05) is 6.92 Å². The molecule has 4 rings (SSSR count). The number of hydrogen-bond donors (Lipinski definition) is 3. The molecule has 0 radical (unpaired) electrons. The van der Waals surface area contributed by atoms with Gasteiger partial charge in [-0.2, -0.15) is 10.2 Å². The number of carbonyl (C=O) groups excluding carboxylic acids is 2. The number of ether oxygens (including phenoxy) is 2. The van der Waals surface area contributed by atoms with Gasteiger partial charge in [0.2, 0.25) is 0 Å². The largest absolute Gasteiger partial charge is 0.443 e. The molecule has 13 heteroatoms. The van der Waals surface area contributed by atoms with Gasteiger partial charge in [0.25, 0.3) is 12.3 Å². The Hall–Kier alpha value is -3.09. The average molecular weight is 484 g/mol. The lowest BCUT2D eigenvalue weighted by Gasteiger charge is -2.17. The van der Waals surface area contributed by atoms with Gasteiger partial charge in [0.05, 0.1) is 12.3 Å². The fraction of sp³-hybridized carbons (Fsp3) is 0.619. The summed E-state index contributed by atoms with van der Waals surface area (Å²) in [6, 6.07) is 3.04. The molecule has 10 nitrogen and oxygen atoms in total. The number of carbonyl (C=O) groups is 2. The first-order valence-electron chi connectivity index (χ1n) is 11.0. The molecule has 2 aromatic rings. The van der Waals surface area contributed by atoms with E-state index >= 15 is 0 Å². The zero-order chi connectivity index (χ0) is 24.5. The van der Waals surface area contributed by atoms with Crippen LogP contribution in [-0.4, -0.2) is 62.8 Å². The van der Waals surface area contributed by atoms with E-state index in [4.69, 9.17) is 9.47 Å². The summed E-state index contributed by atoms with van der Waals surface area (Å²) < 4.78 is 50.3. The third-order valence-corrected chi connectivity index (χ3v) is 6.03. The molecule has 0 bridgehead atoms. The zero-order valence-corrected chi connectivity index (χ0v) is 18.8. The number of hydrogen-bond acceptors (Lipinski definition) is 6. The Bertz CT molecular complexity index is 1040. The molecule has 2 amide bonds. The first kappa shape index (κ1) is 24.0. The summed E-state index contributed by atoms with van der Waals surface area (Å²) in [6.07, 6.45) is -3.14. The molecule has 2 aromatic heterocycles. The second-order valence-electron chi connectivity index (χ2n) is 9.03. The Morgan fingerprint density at radius 2 is 2.09 bits per heavy atom. The molecule has 3 N–H and O–H groups in total. The highest BCUT2D eigenvalue weighted by Gasteiger charge is 2.42. The minimum Gasteiger partial charge on any atom is -0.443 e. The van der Waals surface area contributed by atoms with Crippen LogP contribution in [0.1, 0.15) is 60.4 Å². The van der Waals surface area contributed by atoms with E-state index in [9.17, 15) is 22.8 Å². The quantitative estimate of drug-likeness (QED) is 0.503. The van der Waals surface area contributed by atoms with E-state index in [-0.39, 0.29) is 36.0 Å². The van der Waals surface area contributed by atoms with Crippen molar-refractivity contribution in [3.05, 3.63) is 29.2 Å². The van der Waals surface area contributed by atoms with Gasteiger partial charge in [-0.05, 0) is 38.7 Å². The van der Waals surface area contributed by atoms with Crippen LogP contribution in [0.25, 0.3) is 0 Å². The van der Waals surface area contributed by atoms with Crippen LogP contribution in [0.15, 0.2) is 12.1 Å². The van der Waals surface area contributed by atoms with Crippen LogP contribution in [0, 0.1) is 0 Å². The number of rotatable bonds is 9. The molecule has 2 saturated carbocycles. The van der Waals surface area contributed by atoms with Crippen LogP contribution in [0.5, 0.6) is 0 Å². The van der Waals surface area contributed by atoms with E-state index in [2.05, 4.69) is 25.9 Å². The van der Waals surface area contributed by atoms with E-state index in [1.54, 1.807) is 13.1 Å². The van der Waals surface area contributed by atoms with Crippen molar-refractivity contribution in [3.8, 4) is 0 Å². The number of anilines is 1. The minimum atomic E-state index is -2.59. The number of alkyl carbamates (subject to hydrolysis) is 1. The molecule has 2 aliphatic carbocycles. The van der Waals surface area contributed by atoms with Crippen LogP contribution in [-0.2, 0) is 23.1 Å². The van der Waals surface area contributed by atoms with Crippen LogP contribution in [0.2, 0.25) is 0 Å². The number of nitrogens with zero attached hydrogens (tertiary/aromatic N) is 3. The van der Waals surface area contributed by atoms with Crippen molar-refractivity contribution < 1.29 is 32.2 Å². The molecule has 2 heterocycles. The highest BCUT2D eigenvalue weighted by Crippen LogP contribution is 2.39. The molecular formula is C21H27F3N6O4. The Labute approximate surface area is 193 Å². The Balaban J connectivity index is 1.31. The number of aromatic nitrogens is 4. The van der Waals surface area contributed by atoms with E-state index in [1.165, 1.54) is 10.7 Å². The lowest BCUT2D eigenvalue weighted by atomic mass is 10.0. The maximum Gasteiger partial charge on any atom is 0.407 e. The summed E-state index contributed by atoms with van der Waals surface area (Å²) in [6.45, 7) is 1.04. The summed E-state index contributed by atoms with van der Waals surface area (Å²) in [5, 5.41) is 16.3. The molecule has 0 aliphatic heterocycles. The molecule has 2 fully saturated rings. The Kier molecular flexibility index (Phi) is 6.82. The smallest absolute Gasteiger partial charge is 0.407 e. The molecule has 0 aromatic carbocycles. The van der Waals surface area contributed by atoms with Crippen molar-refractivity contribution in [2.75, 3.05) is 11.9 Å². The van der Waals surface area contributed by atoms with Crippen molar-refractivity contribution in [3.63, 3.8) is 0 Å². The summed E-state index contributed by atoms with van der Waals surface area (Å²) >= 11 is 0. The van der Waals surface area contributed by atoms with Gasteiger partial charge in [0.1, 0.15) is 24.6 Å². The molecule has 3 atom stereocenters. The van der Waals surface area contributed by atoms with E-state index in [0.717, 1.165) is 12.8 Å². The molecule has 34 heavy (non-hydrogen) atoms. The van der Waals surface area contributed by atoms with Gasteiger partial charge in [-0.3, -0.25) is 14.6 Å². The predicted molar refractivity (Wildman–Crippen MR) is 113 cm³/mol. The Morgan fingerprint density at radius 3 is 2.79 bits per heavy atom. The van der Waals surface area contributed by atoms with Gasteiger partial charge in [-0.1, -0.05) is 0 Å². The van der Waals surface area contributed by atoms with Crippen molar-refractivity contribution >= 4 is 17.8 Å². The van der Waals surface area contributed by atoms with Gasteiger partial charge in [0, 0.05) is 30.3 Å². The monoisotopic (exact) mass is 484 g/mol. The van der Waals surface area contributed by atoms with Crippen LogP contribution >= 0.6 is 0 Å². The second kappa shape index (κ2) is 9.65. The first-order chi connectivity index (χ1) is 16.1. The second-order valence-corrected chi connectivity index (χ2v) is 9.03. The summed E-state index contributed by atoms with van der Waals surface area (Å²) in [5.74, 6) is -0.525. The topological polar surface area (TPSA) is 123 Å². The fourth-order valence-corrected chi connectivity index (χ4v) is 3.90. The molecular weight excluding hydrogens is 457 g/mol. The van der Waals surface area contributed by atoms with Gasteiger partial charge in [-0.25, -0.2) is 18.0 Å². The van der Waals surface area contributed by atoms with Crippen molar-refractivity contribution in [2.45, 2.75) is 69.4 Å². The molecule has 0 spiro atoms. The van der Waals surface area contributed by atoms with E-state index in [0.29, 0.717) is 17.8 Å². The summed E-state index contributed by atoms with van der Waals surface area (Å²) in [7, 11) is 1.54. The number of aromatic amines is 1. The van der Waals surface area contributed by atoms with E-state index < -0.39 is 37.3 Å². The van der Waals surface area contributed by atoms with Gasteiger partial charge < -0.3 is 20.1 Å². The van der Waals surface area contributed by atoms with Crippen molar-refractivity contribution in [1.29, 1.82) is 0 Å². The highest BCUT2D eigenvalue weighted by molar-refractivity contribution is 6.02. The highest BCUT2D eigenvalue weighted by atomic mass is 19.3. The number of aryl methyl sites for hydroxylation is 1. The first-order valence-corrected chi connectivity index (χ1v) is 11.0. The lowest BCUT2D eigenvalue weighted by molar-refractivity contribution is 0.00871. The summed E-state index contributed by atoms with van der Waals surface area (Å²) in [5.41, 5.74) is 0.894. The predicted octanol–water partition coefficient (Wildman–Crippen LogP) is 3.04. The SMILES string of the molecule is Cn1nc(COCC(F)F)cc1C(=O)Nc1cc([C@H]2C[C@@H](F)[C@@H](OC(=O)NC3(C)CC3)C2)[nH]n1. The number of halogens is 3. The maximum atomic E-state index is 14.5. The van der Waals surface area contributed by atoms with Crippen LogP contribution in [0.3, 0.4) is 0 Å². The normalized spacial score (nSPS) is 23.2. The number of amides is 2. The number of nitrogens with one attached hydrogen (secondary N) is 3. The zero-order valence-electron chi connectivity index (χ0n) is 18.8. The Morgan fingerprint density at radius 1 is 1.32 bits per heavy atom. The van der Waals surface area contributed by atoms with Crippen LogP contribution < -0.4 is 10.6 Å². The van der Waals surface area contributed by atoms with Gasteiger partial charge in [-0.15, -0.1) is 0 Å². The van der Waals surface area contributed by atoms with Crippen molar-refractivity contribution in [2.24, 2.45) is 7.05 Å². The number of H-pyrrole nitrogens is 1. The third-order valence-electron chi connectivity index (χ3n) is 6.03. The maximum absolute atomic E-state index is 14.5. The van der Waals surface area contributed by atoms with Crippen molar-refractivity contribution in [1.82, 2.24) is 25.3 Å². The standard InChI is InChI=1S/C21H27F3N6O4/c1-21(3-4-21)26-20(32)34-16-6-11(5-13(16)22)14-8-18(28-27-14)25-19(31)15-7-12(29-30(15)2)9-33-10-17(23)24/h7-8,11,13,16-17H,3-6,9-10H2,1-2H3,(H,26,32)(H2,25,27,28,31)/t11-,13+,16-/m0/s1.